The lowest BCUT2D eigenvalue weighted by Gasteiger charge is -2.45. The number of rotatable bonds is 4. The number of ether oxygens (including phenoxy) is 1. The zero-order chi connectivity index (χ0) is 21.4. The minimum Gasteiger partial charge on any atom is -0.496 e. The van der Waals surface area contributed by atoms with Gasteiger partial charge in [0.15, 0.2) is 0 Å². The van der Waals surface area contributed by atoms with E-state index in [-0.39, 0.29) is 17.9 Å². The highest BCUT2D eigenvalue weighted by molar-refractivity contribution is 6.01. The standard InChI is InChI=1S/C26H24N2O3/c1-31-22-13-7-3-9-18(22)16-27-25(29)23-20-11-5-6-12-21(20)26(30)28-15-14-17-8-2-4-10-19(17)24(23)28/h2-13,23-24H,14-16H2,1H3,(H,27,29)/t23-,24-/m1/s1. The van der Waals surface area contributed by atoms with Crippen LogP contribution >= 0.6 is 0 Å². The fraction of sp³-hybridized carbons (Fsp3) is 0.231. The third-order valence-corrected chi connectivity index (χ3v) is 6.36. The van der Waals surface area contributed by atoms with Gasteiger partial charge in [0.05, 0.1) is 19.1 Å². The summed E-state index contributed by atoms with van der Waals surface area (Å²) in [5.74, 6) is 0.193. The molecule has 3 aromatic rings. The molecular weight excluding hydrogens is 388 g/mol. The van der Waals surface area contributed by atoms with Crippen molar-refractivity contribution in [3.8, 4) is 5.75 Å². The molecule has 2 amide bonds. The number of hydrogen-bond acceptors (Lipinski definition) is 3. The Hall–Kier alpha value is -3.60. The van der Waals surface area contributed by atoms with E-state index in [1.165, 1.54) is 5.56 Å². The molecular formula is C26H24N2O3. The summed E-state index contributed by atoms with van der Waals surface area (Å²) in [7, 11) is 1.63. The van der Waals surface area contributed by atoms with Gasteiger partial charge in [0, 0.05) is 24.2 Å². The maximum absolute atomic E-state index is 13.6. The molecule has 156 valence electrons. The highest BCUT2D eigenvalue weighted by Gasteiger charge is 2.46. The second kappa shape index (κ2) is 7.91. The van der Waals surface area contributed by atoms with E-state index in [0.29, 0.717) is 18.7 Å². The lowest BCUT2D eigenvalue weighted by molar-refractivity contribution is -0.124. The topological polar surface area (TPSA) is 58.6 Å². The molecule has 0 bridgehead atoms. The molecule has 1 N–H and O–H groups in total. The number of hydrogen-bond donors (Lipinski definition) is 1. The number of nitrogens with one attached hydrogen (secondary N) is 1. The summed E-state index contributed by atoms with van der Waals surface area (Å²) in [5, 5.41) is 3.11. The highest BCUT2D eigenvalue weighted by atomic mass is 16.5. The first kappa shape index (κ1) is 19.4. The molecule has 2 atom stereocenters. The Kier molecular flexibility index (Phi) is 4.94. The Labute approximate surface area is 181 Å². The highest BCUT2D eigenvalue weighted by Crippen LogP contribution is 2.45. The number of carbonyl (C=O) groups excluding carboxylic acids is 2. The van der Waals surface area contributed by atoms with Crippen LogP contribution in [0, 0.1) is 0 Å². The van der Waals surface area contributed by atoms with Gasteiger partial charge in [-0.15, -0.1) is 0 Å². The summed E-state index contributed by atoms with van der Waals surface area (Å²) in [4.78, 5) is 28.8. The Bertz CT molecular complexity index is 1160. The van der Waals surface area contributed by atoms with Gasteiger partial charge in [-0.05, 0) is 35.2 Å². The molecule has 3 aromatic carbocycles. The van der Waals surface area contributed by atoms with E-state index in [0.717, 1.165) is 28.9 Å². The van der Waals surface area contributed by atoms with Crippen molar-refractivity contribution in [1.29, 1.82) is 0 Å². The van der Waals surface area contributed by atoms with Crippen molar-refractivity contribution in [3.63, 3.8) is 0 Å². The summed E-state index contributed by atoms with van der Waals surface area (Å²) in [6.45, 7) is 0.981. The van der Waals surface area contributed by atoms with Crippen molar-refractivity contribution in [3.05, 3.63) is 101 Å². The normalized spacial score (nSPS) is 19.1. The lowest BCUT2D eigenvalue weighted by atomic mass is 9.76. The molecule has 0 unspecified atom stereocenters. The molecule has 0 fully saturated rings. The summed E-state index contributed by atoms with van der Waals surface area (Å²) in [6, 6.07) is 23.0. The van der Waals surface area contributed by atoms with Gasteiger partial charge in [0.1, 0.15) is 5.75 Å². The average molecular weight is 412 g/mol. The molecule has 0 saturated heterocycles. The Balaban J connectivity index is 1.54. The fourth-order valence-corrected chi connectivity index (χ4v) is 4.90. The molecule has 0 saturated carbocycles. The molecule has 2 heterocycles. The maximum Gasteiger partial charge on any atom is 0.254 e. The number of amides is 2. The zero-order valence-electron chi connectivity index (χ0n) is 17.4. The van der Waals surface area contributed by atoms with Gasteiger partial charge in [-0.3, -0.25) is 9.59 Å². The molecule has 0 radical (unpaired) electrons. The van der Waals surface area contributed by atoms with Crippen molar-refractivity contribution in [2.24, 2.45) is 0 Å². The second-order valence-electron chi connectivity index (χ2n) is 7.99. The van der Waals surface area contributed by atoms with Crippen molar-refractivity contribution in [2.45, 2.75) is 24.9 Å². The minimum absolute atomic E-state index is 0.00359. The van der Waals surface area contributed by atoms with E-state index >= 15 is 0 Å². The smallest absolute Gasteiger partial charge is 0.254 e. The predicted octanol–water partition coefficient (Wildman–Crippen LogP) is 3.85. The Morgan fingerprint density at radius 3 is 2.55 bits per heavy atom. The summed E-state index contributed by atoms with van der Waals surface area (Å²) in [5.41, 5.74) is 4.60. The molecule has 2 aliphatic heterocycles. The van der Waals surface area contributed by atoms with Crippen LogP contribution in [0.25, 0.3) is 0 Å². The van der Waals surface area contributed by atoms with E-state index in [1.54, 1.807) is 7.11 Å². The van der Waals surface area contributed by atoms with E-state index in [9.17, 15) is 9.59 Å². The first-order chi connectivity index (χ1) is 15.2. The molecule has 5 rings (SSSR count). The number of nitrogens with zero attached hydrogens (tertiary/aromatic N) is 1. The maximum atomic E-state index is 13.6. The molecule has 5 heteroatoms. The number of methoxy groups -OCH3 is 1. The molecule has 0 aliphatic carbocycles. The van der Waals surface area contributed by atoms with Gasteiger partial charge in [-0.2, -0.15) is 0 Å². The van der Waals surface area contributed by atoms with E-state index in [4.69, 9.17) is 4.74 Å². The van der Waals surface area contributed by atoms with Crippen molar-refractivity contribution >= 4 is 11.8 Å². The van der Waals surface area contributed by atoms with Gasteiger partial charge in [0.2, 0.25) is 5.91 Å². The van der Waals surface area contributed by atoms with Crippen LogP contribution in [-0.2, 0) is 17.8 Å². The predicted molar refractivity (Wildman–Crippen MR) is 118 cm³/mol. The third kappa shape index (κ3) is 3.26. The largest absolute Gasteiger partial charge is 0.496 e. The van der Waals surface area contributed by atoms with Crippen LogP contribution in [0.15, 0.2) is 72.8 Å². The Morgan fingerprint density at radius 1 is 1.00 bits per heavy atom. The number of para-hydroxylation sites is 1. The monoisotopic (exact) mass is 412 g/mol. The summed E-state index contributed by atoms with van der Waals surface area (Å²) >= 11 is 0. The van der Waals surface area contributed by atoms with Crippen molar-refractivity contribution in [2.75, 3.05) is 13.7 Å². The molecule has 0 spiro atoms. The Morgan fingerprint density at radius 2 is 1.71 bits per heavy atom. The van der Waals surface area contributed by atoms with Gasteiger partial charge in [0.25, 0.3) is 5.91 Å². The van der Waals surface area contributed by atoms with Gasteiger partial charge < -0.3 is 15.0 Å². The van der Waals surface area contributed by atoms with Gasteiger partial charge >= 0.3 is 0 Å². The van der Waals surface area contributed by atoms with Crippen LogP contribution in [0.3, 0.4) is 0 Å². The molecule has 0 aromatic heterocycles. The van der Waals surface area contributed by atoms with Crippen molar-refractivity contribution in [1.82, 2.24) is 10.2 Å². The van der Waals surface area contributed by atoms with Crippen molar-refractivity contribution < 1.29 is 14.3 Å². The lowest BCUT2D eigenvalue weighted by Crippen LogP contribution is -2.50. The minimum atomic E-state index is -0.468. The number of fused-ring (bicyclic) bond motifs is 4. The zero-order valence-corrected chi connectivity index (χ0v) is 17.4. The van der Waals surface area contributed by atoms with Crippen LogP contribution in [0.1, 0.15) is 44.6 Å². The van der Waals surface area contributed by atoms with Crippen LogP contribution in [-0.4, -0.2) is 30.4 Å². The molecule has 5 nitrogen and oxygen atoms in total. The first-order valence-corrected chi connectivity index (χ1v) is 10.6. The van der Waals surface area contributed by atoms with Crippen LogP contribution in [0.2, 0.25) is 0 Å². The van der Waals surface area contributed by atoms with Crippen LogP contribution in [0.4, 0.5) is 0 Å². The van der Waals surface area contributed by atoms with E-state index < -0.39 is 5.92 Å². The van der Waals surface area contributed by atoms with E-state index in [2.05, 4.69) is 11.4 Å². The average Bonchev–Trinajstić information content (AvgIpc) is 2.83. The van der Waals surface area contributed by atoms with Gasteiger partial charge in [-0.25, -0.2) is 0 Å². The summed E-state index contributed by atoms with van der Waals surface area (Å²) in [6.07, 6.45) is 0.802. The number of carbonyl (C=O) groups is 2. The van der Waals surface area contributed by atoms with Gasteiger partial charge in [-0.1, -0.05) is 60.7 Å². The van der Waals surface area contributed by atoms with Crippen LogP contribution in [0.5, 0.6) is 5.75 Å². The SMILES string of the molecule is COc1ccccc1CNC(=O)[C@@H]1c2ccccc2C(=O)N2CCc3ccccc3[C@H]12. The number of benzene rings is 3. The van der Waals surface area contributed by atoms with E-state index in [1.807, 2.05) is 71.6 Å². The first-order valence-electron chi connectivity index (χ1n) is 10.6. The second-order valence-corrected chi connectivity index (χ2v) is 7.99. The quantitative estimate of drug-likeness (QED) is 0.708. The van der Waals surface area contributed by atoms with Crippen LogP contribution < -0.4 is 10.1 Å². The molecule has 2 aliphatic rings. The fourth-order valence-electron chi connectivity index (χ4n) is 4.90. The third-order valence-electron chi connectivity index (χ3n) is 6.36. The summed E-state index contributed by atoms with van der Waals surface area (Å²) < 4.78 is 5.42. The molecule has 31 heavy (non-hydrogen) atoms.